The Kier molecular flexibility index (Phi) is 3.00. The predicted octanol–water partition coefficient (Wildman–Crippen LogP) is 4.02. The molecule has 3 rings (SSSR count). The Labute approximate surface area is 112 Å². The molecule has 0 amide bonds. The molecule has 1 heterocycles. The highest BCUT2D eigenvalue weighted by Crippen LogP contribution is 2.23. The van der Waals surface area contributed by atoms with Gasteiger partial charge in [-0.25, -0.2) is 4.39 Å². The Morgan fingerprint density at radius 2 is 1.79 bits per heavy atom. The number of rotatable bonds is 2. The zero-order valence-electron chi connectivity index (χ0n) is 10.7. The second-order valence-electron chi connectivity index (χ2n) is 4.70. The molecule has 0 spiro atoms. The number of nitrogens with zero attached hydrogens (tertiary/aromatic N) is 1. The summed E-state index contributed by atoms with van der Waals surface area (Å²) in [6, 6.07) is 15.4. The van der Waals surface area contributed by atoms with E-state index in [2.05, 4.69) is 4.99 Å². The maximum Gasteiger partial charge on any atom is 0.126 e. The summed E-state index contributed by atoms with van der Waals surface area (Å²) >= 11 is 0. The number of hydrogen-bond acceptors (Lipinski definition) is 1. The Morgan fingerprint density at radius 3 is 2.53 bits per heavy atom. The SMILES string of the molecule is Cc1ccc(C2=CC(c3ccccc3)=NC2)cc1F. The molecule has 1 aliphatic rings. The third kappa shape index (κ3) is 2.34. The quantitative estimate of drug-likeness (QED) is 0.764. The van der Waals surface area contributed by atoms with Gasteiger partial charge >= 0.3 is 0 Å². The number of aryl methyl sites for hydroxylation is 1. The first-order valence-electron chi connectivity index (χ1n) is 6.31. The molecule has 19 heavy (non-hydrogen) atoms. The molecule has 0 aromatic heterocycles. The van der Waals surface area contributed by atoms with Crippen molar-refractivity contribution in [1.29, 1.82) is 0 Å². The summed E-state index contributed by atoms with van der Waals surface area (Å²) in [6.45, 7) is 2.39. The van der Waals surface area contributed by atoms with Crippen LogP contribution in [0.3, 0.4) is 0 Å². The molecule has 0 bridgehead atoms. The zero-order valence-corrected chi connectivity index (χ0v) is 10.7. The highest BCUT2D eigenvalue weighted by Gasteiger charge is 2.12. The summed E-state index contributed by atoms with van der Waals surface area (Å²) in [4.78, 5) is 4.52. The van der Waals surface area contributed by atoms with Crippen molar-refractivity contribution in [3.8, 4) is 0 Å². The van der Waals surface area contributed by atoms with Crippen LogP contribution in [-0.4, -0.2) is 12.3 Å². The van der Waals surface area contributed by atoms with Gasteiger partial charge in [-0.2, -0.15) is 0 Å². The topological polar surface area (TPSA) is 12.4 Å². The van der Waals surface area contributed by atoms with Crippen molar-refractivity contribution >= 4 is 11.3 Å². The molecule has 94 valence electrons. The van der Waals surface area contributed by atoms with Crippen LogP contribution in [0.25, 0.3) is 5.57 Å². The van der Waals surface area contributed by atoms with Crippen molar-refractivity contribution in [2.24, 2.45) is 4.99 Å². The Hall–Kier alpha value is -2.22. The van der Waals surface area contributed by atoms with Crippen LogP contribution in [0.4, 0.5) is 4.39 Å². The highest BCUT2D eigenvalue weighted by molar-refractivity contribution is 6.14. The fraction of sp³-hybridized carbons (Fsp3) is 0.118. The first-order valence-corrected chi connectivity index (χ1v) is 6.31. The Bertz CT molecular complexity index is 669. The largest absolute Gasteiger partial charge is 0.280 e. The van der Waals surface area contributed by atoms with E-state index in [9.17, 15) is 4.39 Å². The van der Waals surface area contributed by atoms with E-state index in [4.69, 9.17) is 0 Å². The van der Waals surface area contributed by atoms with Crippen molar-refractivity contribution in [3.05, 3.63) is 77.1 Å². The molecule has 0 saturated heterocycles. The number of aliphatic imine (C=N–C) groups is 1. The van der Waals surface area contributed by atoms with Crippen LogP contribution in [0, 0.1) is 12.7 Å². The number of hydrogen-bond donors (Lipinski definition) is 0. The first-order chi connectivity index (χ1) is 9.24. The molecule has 2 aromatic rings. The van der Waals surface area contributed by atoms with E-state index in [0.717, 1.165) is 22.4 Å². The molecule has 1 aliphatic heterocycles. The van der Waals surface area contributed by atoms with Crippen LogP contribution in [0.2, 0.25) is 0 Å². The lowest BCUT2D eigenvalue weighted by molar-refractivity contribution is 0.618. The Morgan fingerprint density at radius 1 is 1.00 bits per heavy atom. The van der Waals surface area contributed by atoms with Gasteiger partial charge in [-0.1, -0.05) is 42.5 Å². The summed E-state index contributed by atoms with van der Waals surface area (Å²) in [5.41, 5.74) is 4.73. The van der Waals surface area contributed by atoms with Gasteiger partial charge < -0.3 is 0 Å². The lowest BCUT2D eigenvalue weighted by Gasteiger charge is -2.03. The molecule has 0 saturated carbocycles. The van der Waals surface area contributed by atoms with E-state index < -0.39 is 0 Å². The minimum atomic E-state index is -0.161. The van der Waals surface area contributed by atoms with E-state index in [0.29, 0.717) is 12.1 Å². The maximum atomic E-state index is 13.6. The van der Waals surface area contributed by atoms with Crippen LogP contribution < -0.4 is 0 Å². The smallest absolute Gasteiger partial charge is 0.126 e. The van der Waals surface area contributed by atoms with Gasteiger partial charge in [0.15, 0.2) is 0 Å². The van der Waals surface area contributed by atoms with E-state index in [-0.39, 0.29) is 5.82 Å². The molecular weight excluding hydrogens is 237 g/mol. The normalized spacial score (nSPS) is 14.2. The van der Waals surface area contributed by atoms with Crippen molar-refractivity contribution in [3.63, 3.8) is 0 Å². The van der Waals surface area contributed by atoms with Gasteiger partial charge in [-0.05, 0) is 41.3 Å². The van der Waals surface area contributed by atoms with Gasteiger partial charge in [0.05, 0.1) is 12.3 Å². The third-order valence-corrected chi connectivity index (χ3v) is 3.34. The monoisotopic (exact) mass is 251 g/mol. The fourth-order valence-electron chi connectivity index (χ4n) is 2.18. The molecule has 1 nitrogen and oxygen atoms in total. The molecule has 2 heteroatoms. The molecule has 2 aromatic carbocycles. The zero-order chi connectivity index (χ0) is 13.2. The Balaban J connectivity index is 1.91. The van der Waals surface area contributed by atoms with Gasteiger partial charge in [0, 0.05) is 0 Å². The van der Waals surface area contributed by atoms with Gasteiger partial charge in [-0.15, -0.1) is 0 Å². The second kappa shape index (κ2) is 4.81. The predicted molar refractivity (Wildman–Crippen MR) is 77.0 cm³/mol. The average Bonchev–Trinajstić information content (AvgIpc) is 2.93. The minimum absolute atomic E-state index is 0.161. The van der Waals surface area contributed by atoms with Gasteiger partial charge in [-0.3, -0.25) is 4.99 Å². The van der Waals surface area contributed by atoms with Crippen molar-refractivity contribution in [2.45, 2.75) is 6.92 Å². The summed E-state index contributed by atoms with van der Waals surface area (Å²) in [7, 11) is 0. The van der Waals surface area contributed by atoms with Crippen LogP contribution in [-0.2, 0) is 0 Å². The summed E-state index contributed by atoms with van der Waals surface area (Å²) in [5.74, 6) is -0.161. The van der Waals surface area contributed by atoms with E-state index in [1.54, 1.807) is 13.0 Å². The molecule has 0 atom stereocenters. The van der Waals surface area contributed by atoms with Crippen LogP contribution in [0.15, 0.2) is 59.6 Å². The maximum absolute atomic E-state index is 13.6. The minimum Gasteiger partial charge on any atom is -0.280 e. The van der Waals surface area contributed by atoms with Gasteiger partial charge in [0.1, 0.15) is 5.82 Å². The standard InChI is InChI=1S/C17H14FN/c1-12-7-8-14(9-16(12)18)15-10-17(19-11-15)13-5-3-2-4-6-13/h2-10H,11H2,1H3. The molecule has 0 fully saturated rings. The average molecular weight is 251 g/mol. The lowest BCUT2D eigenvalue weighted by atomic mass is 10.0. The lowest BCUT2D eigenvalue weighted by Crippen LogP contribution is -1.92. The third-order valence-electron chi connectivity index (χ3n) is 3.34. The fourth-order valence-corrected chi connectivity index (χ4v) is 2.18. The molecule has 0 aliphatic carbocycles. The molecular formula is C17H14FN. The van der Waals surface area contributed by atoms with Crippen LogP contribution in [0.1, 0.15) is 16.7 Å². The number of allylic oxidation sites excluding steroid dienone is 1. The van der Waals surface area contributed by atoms with E-state index in [1.807, 2.05) is 48.5 Å². The van der Waals surface area contributed by atoms with E-state index in [1.165, 1.54) is 0 Å². The molecule has 0 unspecified atom stereocenters. The van der Waals surface area contributed by atoms with E-state index >= 15 is 0 Å². The van der Waals surface area contributed by atoms with Crippen molar-refractivity contribution in [2.75, 3.05) is 6.54 Å². The molecule has 0 N–H and O–H groups in total. The molecule has 0 radical (unpaired) electrons. The van der Waals surface area contributed by atoms with Crippen LogP contribution in [0.5, 0.6) is 0 Å². The summed E-state index contributed by atoms with van der Waals surface area (Å²) in [5, 5.41) is 0. The van der Waals surface area contributed by atoms with Gasteiger partial charge in [0.25, 0.3) is 0 Å². The van der Waals surface area contributed by atoms with Crippen molar-refractivity contribution < 1.29 is 4.39 Å². The summed E-state index contributed by atoms with van der Waals surface area (Å²) < 4.78 is 13.6. The number of halogens is 1. The highest BCUT2D eigenvalue weighted by atomic mass is 19.1. The second-order valence-corrected chi connectivity index (χ2v) is 4.70. The first kappa shape index (κ1) is 11.8. The summed E-state index contributed by atoms with van der Waals surface area (Å²) in [6.07, 6.45) is 2.04. The van der Waals surface area contributed by atoms with Gasteiger partial charge in [0.2, 0.25) is 0 Å². The number of benzene rings is 2. The van der Waals surface area contributed by atoms with Crippen molar-refractivity contribution in [1.82, 2.24) is 0 Å². The van der Waals surface area contributed by atoms with Crippen LogP contribution >= 0.6 is 0 Å².